The van der Waals surface area contributed by atoms with E-state index >= 15 is 0 Å². The van der Waals surface area contributed by atoms with Crippen LogP contribution in [0.1, 0.15) is 43.5 Å². The van der Waals surface area contributed by atoms with E-state index in [4.69, 9.17) is 4.98 Å². The third-order valence-electron chi connectivity index (χ3n) is 4.29. The SMILES string of the molecule is c1ccc(C2(c3nsc(NC4CC4)n3)CCC2)cc1. The highest BCUT2D eigenvalue weighted by atomic mass is 32.1. The molecule has 98 valence electrons. The zero-order valence-electron chi connectivity index (χ0n) is 10.8. The van der Waals surface area contributed by atoms with Crippen LogP contribution in [0, 0.1) is 0 Å². The molecule has 2 fully saturated rings. The van der Waals surface area contributed by atoms with Gasteiger partial charge in [-0.25, -0.2) is 4.98 Å². The first kappa shape index (κ1) is 11.4. The van der Waals surface area contributed by atoms with Crippen LogP contribution >= 0.6 is 11.5 Å². The summed E-state index contributed by atoms with van der Waals surface area (Å²) in [6.45, 7) is 0. The summed E-state index contributed by atoms with van der Waals surface area (Å²) >= 11 is 1.52. The maximum Gasteiger partial charge on any atom is 0.202 e. The Morgan fingerprint density at radius 2 is 1.95 bits per heavy atom. The Kier molecular flexibility index (Phi) is 2.58. The van der Waals surface area contributed by atoms with E-state index in [0.717, 1.165) is 11.0 Å². The second kappa shape index (κ2) is 4.30. The first-order valence-electron chi connectivity index (χ1n) is 7.03. The largest absolute Gasteiger partial charge is 0.358 e. The third-order valence-corrected chi connectivity index (χ3v) is 4.94. The van der Waals surface area contributed by atoms with E-state index in [1.54, 1.807) is 0 Å². The van der Waals surface area contributed by atoms with Gasteiger partial charge in [0.1, 0.15) is 0 Å². The molecule has 0 atom stereocenters. The van der Waals surface area contributed by atoms with Crippen molar-refractivity contribution in [2.24, 2.45) is 0 Å². The average molecular weight is 271 g/mol. The van der Waals surface area contributed by atoms with Gasteiger partial charge in [-0.1, -0.05) is 36.8 Å². The molecule has 3 nitrogen and oxygen atoms in total. The van der Waals surface area contributed by atoms with Gasteiger partial charge in [0.25, 0.3) is 0 Å². The molecular weight excluding hydrogens is 254 g/mol. The Bertz CT molecular complexity index is 570. The van der Waals surface area contributed by atoms with Crippen LogP contribution in [0.3, 0.4) is 0 Å². The molecule has 1 heterocycles. The summed E-state index contributed by atoms with van der Waals surface area (Å²) in [5.74, 6) is 1.03. The van der Waals surface area contributed by atoms with Crippen LogP contribution in [0.2, 0.25) is 0 Å². The molecular formula is C15H17N3S. The van der Waals surface area contributed by atoms with Crippen LogP contribution in [-0.4, -0.2) is 15.4 Å². The van der Waals surface area contributed by atoms with E-state index in [-0.39, 0.29) is 5.41 Å². The predicted octanol–water partition coefficient (Wildman–Crippen LogP) is 3.58. The van der Waals surface area contributed by atoms with E-state index in [1.165, 1.54) is 49.2 Å². The smallest absolute Gasteiger partial charge is 0.202 e. The molecule has 0 spiro atoms. The number of aromatic nitrogens is 2. The Morgan fingerprint density at radius 3 is 2.58 bits per heavy atom. The molecule has 0 unspecified atom stereocenters. The summed E-state index contributed by atoms with van der Waals surface area (Å²) in [5.41, 5.74) is 1.46. The summed E-state index contributed by atoms with van der Waals surface area (Å²) in [7, 11) is 0. The molecule has 0 radical (unpaired) electrons. The normalized spacial score (nSPS) is 20.8. The van der Waals surface area contributed by atoms with E-state index in [0.29, 0.717) is 6.04 Å². The number of hydrogen-bond donors (Lipinski definition) is 1. The average Bonchev–Trinajstić information content (AvgIpc) is 3.08. The van der Waals surface area contributed by atoms with Gasteiger partial charge in [-0.3, -0.25) is 0 Å². The van der Waals surface area contributed by atoms with Crippen molar-refractivity contribution in [1.29, 1.82) is 0 Å². The fourth-order valence-corrected chi connectivity index (χ4v) is 3.54. The van der Waals surface area contributed by atoms with Gasteiger partial charge in [0.15, 0.2) is 5.82 Å². The molecule has 0 bridgehead atoms. The number of nitrogens with one attached hydrogen (secondary N) is 1. The van der Waals surface area contributed by atoms with Gasteiger partial charge in [0.2, 0.25) is 5.13 Å². The number of benzene rings is 1. The molecule has 2 aromatic rings. The van der Waals surface area contributed by atoms with Crippen molar-refractivity contribution >= 4 is 16.7 Å². The van der Waals surface area contributed by atoms with Crippen LogP contribution in [-0.2, 0) is 5.41 Å². The number of nitrogens with zero attached hydrogens (tertiary/aromatic N) is 2. The quantitative estimate of drug-likeness (QED) is 0.923. The van der Waals surface area contributed by atoms with Crippen LogP contribution < -0.4 is 5.32 Å². The van der Waals surface area contributed by atoms with E-state index < -0.39 is 0 Å². The first-order valence-corrected chi connectivity index (χ1v) is 7.80. The summed E-state index contributed by atoms with van der Waals surface area (Å²) in [5, 5.41) is 4.45. The highest BCUT2D eigenvalue weighted by molar-refractivity contribution is 7.09. The summed E-state index contributed by atoms with van der Waals surface area (Å²) in [4.78, 5) is 4.76. The van der Waals surface area contributed by atoms with Crippen LogP contribution in [0.5, 0.6) is 0 Å². The maximum absolute atomic E-state index is 4.76. The van der Waals surface area contributed by atoms with Crippen molar-refractivity contribution in [2.75, 3.05) is 5.32 Å². The Balaban J connectivity index is 1.66. The molecule has 4 heteroatoms. The van der Waals surface area contributed by atoms with E-state index in [2.05, 4.69) is 40.0 Å². The van der Waals surface area contributed by atoms with Crippen LogP contribution in [0.25, 0.3) is 0 Å². The second-order valence-corrected chi connectivity index (χ2v) is 6.40. The van der Waals surface area contributed by atoms with Crippen molar-refractivity contribution in [3.8, 4) is 0 Å². The zero-order chi connectivity index (χ0) is 12.7. The van der Waals surface area contributed by atoms with E-state index in [9.17, 15) is 0 Å². The zero-order valence-corrected chi connectivity index (χ0v) is 11.6. The molecule has 0 amide bonds. The Morgan fingerprint density at radius 1 is 1.16 bits per heavy atom. The second-order valence-electron chi connectivity index (χ2n) is 5.64. The number of hydrogen-bond acceptors (Lipinski definition) is 4. The highest BCUT2D eigenvalue weighted by Gasteiger charge is 2.43. The predicted molar refractivity (Wildman–Crippen MR) is 77.6 cm³/mol. The van der Waals surface area contributed by atoms with Gasteiger partial charge in [0.05, 0.1) is 5.41 Å². The van der Waals surface area contributed by atoms with Gasteiger partial charge in [0, 0.05) is 17.6 Å². The van der Waals surface area contributed by atoms with Crippen LogP contribution in [0.4, 0.5) is 5.13 Å². The molecule has 0 saturated heterocycles. The minimum Gasteiger partial charge on any atom is -0.358 e. The number of anilines is 1. The highest BCUT2D eigenvalue weighted by Crippen LogP contribution is 2.48. The summed E-state index contributed by atoms with van der Waals surface area (Å²) in [6.07, 6.45) is 6.18. The lowest BCUT2D eigenvalue weighted by atomic mass is 9.64. The van der Waals surface area contributed by atoms with Crippen molar-refractivity contribution in [3.05, 3.63) is 41.7 Å². The molecule has 0 aliphatic heterocycles. The van der Waals surface area contributed by atoms with Gasteiger partial charge in [-0.15, -0.1) is 0 Å². The molecule has 1 aromatic carbocycles. The van der Waals surface area contributed by atoms with Crippen molar-refractivity contribution in [2.45, 2.75) is 43.6 Å². The van der Waals surface area contributed by atoms with Crippen molar-refractivity contribution < 1.29 is 0 Å². The molecule has 19 heavy (non-hydrogen) atoms. The maximum atomic E-state index is 4.76. The van der Waals surface area contributed by atoms with Crippen LogP contribution in [0.15, 0.2) is 30.3 Å². The lowest BCUT2D eigenvalue weighted by molar-refractivity contribution is 0.288. The molecule has 2 aliphatic carbocycles. The molecule has 1 N–H and O–H groups in total. The minimum absolute atomic E-state index is 0.0846. The van der Waals surface area contributed by atoms with E-state index in [1.807, 2.05) is 0 Å². The monoisotopic (exact) mass is 271 g/mol. The van der Waals surface area contributed by atoms with Crippen molar-refractivity contribution in [3.63, 3.8) is 0 Å². The standard InChI is InChI=1S/C15H17N3S/c1-2-5-11(6-3-1)15(9-4-10-15)13-17-14(19-18-13)16-12-7-8-12/h1-3,5-6,12H,4,7-10H2,(H,16,17,18). The molecule has 1 aromatic heterocycles. The van der Waals surface area contributed by atoms with Gasteiger partial charge in [-0.05, 0) is 31.2 Å². The summed E-state index contributed by atoms with van der Waals surface area (Å²) < 4.78 is 4.64. The van der Waals surface area contributed by atoms with Gasteiger partial charge >= 0.3 is 0 Å². The number of rotatable bonds is 4. The minimum atomic E-state index is 0.0846. The van der Waals surface area contributed by atoms with Gasteiger partial charge in [-0.2, -0.15) is 4.37 Å². The Hall–Kier alpha value is -1.42. The fraction of sp³-hybridized carbons (Fsp3) is 0.467. The first-order chi connectivity index (χ1) is 9.37. The molecule has 2 saturated carbocycles. The molecule has 4 rings (SSSR count). The molecule has 2 aliphatic rings. The lowest BCUT2D eigenvalue weighted by Crippen LogP contribution is -2.36. The fourth-order valence-electron chi connectivity index (χ4n) is 2.81. The topological polar surface area (TPSA) is 37.8 Å². The Labute approximate surface area is 117 Å². The third kappa shape index (κ3) is 1.94. The van der Waals surface area contributed by atoms with Gasteiger partial charge < -0.3 is 5.32 Å². The lowest BCUT2D eigenvalue weighted by Gasteiger charge is -2.40. The summed E-state index contributed by atoms with van der Waals surface area (Å²) in [6, 6.07) is 11.4. The van der Waals surface area contributed by atoms with Crippen molar-refractivity contribution in [1.82, 2.24) is 9.36 Å².